The van der Waals surface area contributed by atoms with Crippen molar-refractivity contribution in [1.82, 2.24) is 20.9 Å². The topological polar surface area (TPSA) is 120 Å². The Hall–Kier alpha value is -2.91. The number of para-hydroxylation sites is 1. The van der Waals surface area contributed by atoms with E-state index in [0.29, 0.717) is 18.9 Å². The van der Waals surface area contributed by atoms with Crippen molar-refractivity contribution in [3.63, 3.8) is 0 Å². The van der Waals surface area contributed by atoms with Gasteiger partial charge in [0.05, 0.1) is 19.2 Å². The zero-order chi connectivity index (χ0) is 23.5. The second-order valence-corrected chi connectivity index (χ2v) is 7.78. The summed E-state index contributed by atoms with van der Waals surface area (Å²) in [5.74, 6) is -0.565. The summed E-state index contributed by atoms with van der Waals surface area (Å²) < 4.78 is 5.91. The molecule has 0 radical (unpaired) electrons. The van der Waals surface area contributed by atoms with E-state index in [4.69, 9.17) is 4.74 Å². The zero-order valence-corrected chi connectivity index (χ0v) is 19.0. The molecule has 9 heteroatoms. The third-order valence-electron chi connectivity index (χ3n) is 5.55. The van der Waals surface area contributed by atoms with E-state index in [2.05, 4.69) is 16.0 Å². The molecule has 176 valence electrons. The minimum absolute atomic E-state index is 0.000975. The highest BCUT2D eigenvalue weighted by Gasteiger charge is 2.33. The number of aliphatic hydroxyl groups is 1. The molecule has 3 atom stereocenters. The molecule has 3 unspecified atom stereocenters. The van der Waals surface area contributed by atoms with Gasteiger partial charge in [0.25, 0.3) is 0 Å². The normalized spacial score (nSPS) is 23.6. The first-order valence-electron chi connectivity index (χ1n) is 10.9. The van der Waals surface area contributed by atoms with Gasteiger partial charge in [-0.05, 0) is 12.0 Å². The van der Waals surface area contributed by atoms with Crippen LogP contribution in [-0.4, -0.2) is 79.7 Å². The van der Waals surface area contributed by atoms with E-state index in [1.165, 1.54) is 11.9 Å². The Morgan fingerprint density at radius 1 is 1.22 bits per heavy atom. The van der Waals surface area contributed by atoms with Crippen LogP contribution in [0.1, 0.15) is 25.8 Å². The Labute approximate surface area is 189 Å². The number of hydrogen-bond donors (Lipinski definition) is 4. The summed E-state index contributed by atoms with van der Waals surface area (Å²) in [6, 6.07) is 5.92. The number of rotatable bonds is 3. The number of fused-ring (bicyclic) bond motifs is 1. The molecule has 4 N–H and O–H groups in total. The van der Waals surface area contributed by atoms with Crippen molar-refractivity contribution in [3.05, 3.63) is 35.9 Å². The Bertz CT molecular complexity index is 813. The van der Waals surface area contributed by atoms with E-state index in [0.717, 1.165) is 12.0 Å². The van der Waals surface area contributed by atoms with Crippen molar-refractivity contribution in [2.24, 2.45) is 5.92 Å². The molecule has 2 rings (SSSR count). The predicted molar refractivity (Wildman–Crippen MR) is 122 cm³/mol. The van der Waals surface area contributed by atoms with E-state index >= 15 is 0 Å². The quantitative estimate of drug-likeness (QED) is 0.525. The fourth-order valence-corrected chi connectivity index (χ4v) is 3.35. The van der Waals surface area contributed by atoms with Gasteiger partial charge in [0.15, 0.2) is 0 Å². The van der Waals surface area contributed by atoms with Crippen LogP contribution in [0.3, 0.4) is 0 Å². The second kappa shape index (κ2) is 12.8. The molecule has 0 aromatic heterocycles. The average molecular weight is 447 g/mol. The summed E-state index contributed by atoms with van der Waals surface area (Å²) in [6.45, 7) is 4.19. The molecular formula is C23H34N4O5. The van der Waals surface area contributed by atoms with Gasteiger partial charge < -0.3 is 30.7 Å². The van der Waals surface area contributed by atoms with Crippen molar-refractivity contribution in [3.8, 4) is 5.75 Å². The number of hydrogen-bond acceptors (Lipinski definition) is 6. The monoisotopic (exact) mass is 446 g/mol. The highest BCUT2D eigenvalue weighted by atomic mass is 16.5. The summed E-state index contributed by atoms with van der Waals surface area (Å²) >= 11 is 0. The van der Waals surface area contributed by atoms with E-state index in [-0.39, 0.29) is 30.8 Å². The van der Waals surface area contributed by atoms with Gasteiger partial charge in [-0.25, -0.2) is 0 Å². The van der Waals surface area contributed by atoms with Gasteiger partial charge in [0.2, 0.25) is 17.7 Å². The molecule has 32 heavy (non-hydrogen) atoms. The molecule has 1 aliphatic heterocycles. The van der Waals surface area contributed by atoms with Crippen LogP contribution in [0.15, 0.2) is 30.3 Å². The van der Waals surface area contributed by atoms with Gasteiger partial charge in [0, 0.05) is 25.7 Å². The van der Waals surface area contributed by atoms with Gasteiger partial charge in [-0.15, -0.1) is 0 Å². The van der Waals surface area contributed by atoms with Gasteiger partial charge in [-0.2, -0.15) is 0 Å². The molecule has 0 spiro atoms. The van der Waals surface area contributed by atoms with Gasteiger partial charge in [-0.3, -0.25) is 14.4 Å². The third kappa shape index (κ3) is 7.06. The Morgan fingerprint density at radius 3 is 2.69 bits per heavy atom. The van der Waals surface area contributed by atoms with E-state index in [1.54, 1.807) is 6.08 Å². The average Bonchev–Trinajstić information content (AvgIpc) is 2.80. The standard InChI is InChI=1S/C23H34N4O5/c1-4-16(2)21-23(31)27(3)18(15-28)22(30)26-14-20(29)24-11-7-9-17-8-5-6-10-19(17)32-13-12-25-21/h5-10,16,18,21,25,28H,4,11-15H2,1-3H3,(H,24,29)(H,26,30)/b9-7+. The lowest BCUT2D eigenvalue weighted by Crippen LogP contribution is -2.57. The fourth-order valence-electron chi connectivity index (χ4n) is 3.35. The molecule has 1 aromatic carbocycles. The third-order valence-corrected chi connectivity index (χ3v) is 5.55. The highest BCUT2D eigenvalue weighted by Crippen LogP contribution is 2.19. The number of likely N-dealkylation sites (N-methyl/N-ethyl adjacent to an activating group) is 1. The summed E-state index contributed by atoms with van der Waals surface area (Å²) in [7, 11) is 1.48. The van der Waals surface area contributed by atoms with Crippen molar-refractivity contribution in [1.29, 1.82) is 0 Å². The van der Waals surface area contributed by atoms with Crippen LogP contribution in [0, 0.1) is 5.92 Å². The molecule has 3 amide bonds. The zero-order valence-electron chi connectivity index (χ0n) is 19.0. The maximum Gasteiger partial charge on any atom is 0.245 e. The molecule has 1 aliphatic rings. The maximum atomic E-state index is 13.2. The van der Waals surface area contributed by atoms with Crippen LogP contribution >= 0.6 is 0 Å². The lowest BCUT2D eigenvalue weighted by Gasteiger charge is -2.32. The Balaban J connectivity index is 2.25. The SMILES string of the molecule is CCC(C)C1NCCOc2ccccc2/C=C/CNC(=O)CNC(=O)C(CO)N(C)C1=O. The Kier molecular flexibility index (Phi) is 10.2. The summed E-state index contributed by atoms with van der Waals surface area (Å²) in [6.07, 6.45) is 4.40. The predicted octanol–water partition coefficient (Wildman–Crippen LogP) is 0.148. The van der Waals surface area contributed by atoms with Crippen molar-refractivity contribution >= 4 is 23.8 Å². The minimum atomic E-state index is -1.09. The summed E-state index contributed by atoms with van der Waals surface area (Å²) in [5, 5.41) is 18.2. The van der Waals surface area contributed by atoms with Crippen LogP contribution in [0.5, 0.6) is 5.75 Å². The molecule has 1 aromatic rings. The number of nitrogens with one attached hydrogen (secondary N) is 3. The van der Waals surface area contributed by atoms with E-state index < -0.39 is 24.6 Å². The number of carbonyl (C=O) groups excluding carboxylic acids is 3. The fraction of sp³-hybridized carbons (Fsp3) is 0.522. The lowest BCUT2D eigenvalue weighted by molar-refractivity contribution is -0.143. The molecule has 0 fully saturated rings. The van der Waals surface area contributed by atoms with Crippen molar-refractivity contribution in [2.75, 3.05) is 39.9 Å². The molecule has 0 saturated carbocycles. The number of nitrogens with zero attached hydrogens (tertiary/aromatic N) is 1. The first-order chi connectivity index (χ1) is 15.4. The van der Waals surface area contributed by atoms with Crippen LogP contribution in [-0.2, 0) is 14.4 Å². The number of ether oxygens (including phenoxy) is 1. The molecule has 1 heterocycles. The van der Waals surface area contributed by atoms with Gasteiger partial charge in [0.1, 0.15) is 18.4 Å². The molecule has 0 saturated heterocycles. The molecular weight excluding hydrogens is 412 g/mol. The summed E-state index contributed by atoms with van der Waals surface area (Å²) in [4.78, 5) is 39.0. The maximum absolute atomic E-state index is 13.2. The van der Waals surface area contributed by atoms with Gasteiger partial charge in [-0.1, -0.05) is 50.6 Å². The van der Waals surface area contributed by atoms with Crippen LogP contribution in [0.2, 0.25) is 0 Å². The number of amides is 3. The highest BCUT2D eigenvalue weighted by molar-refractivity contribution is 5.92. The molecule has 0 aliphatic carbocycles. The number of aliphatic hydroxyl groups excluding tert-OH is 1. The number of carbonyl (C=O) groups is 3. The lowest BCUT2D eigenvalue weighted by atomic mass is 9.97. The van der Waals surface area contributed by atoms with E-state index in [9.17, 15) is 19.5 Å². The van der Waals surface area contributed by atoms with Gasteiger partial charge >= 0.3 is 0 Å². The molecule has 9 nitrogen and oxygen atoms in total. The van der Waals surface area contributed by atoms with Crippen molar-refractivity contribution < 1.29 is 24.2 Å². The van der Waals surface area contributed by atoms with E-state index in [1.807, 2.05) is 44.2 Å². The number of benzene rings is 1. The Morgan fingerprint density at radius 2 is 1.97 bits per heavy atom. The molecule has 0 bridgehead atoms. The first kappa shape index (κ1) is 25.4. The van der Waals surface area contributed by atoms with Crippen LogP contribution in [0.25, 0.3) is 6.08 Å². The largest absolute Gasteiger partial charge is 0.492 e. The van der Waals surface area contributed by atoms with Crippen LogP contribution in [0.4, 0.5) is 0 Å². The first-order valence-corrected chi connectivity index (χ1v) is 10.9. The summed E-state index contributed by atoms with van der Waals surface area (Å²) in [5.41, 5.74) is 0.872. The van der Waals surface area contributed by atoms with Crippen LogP contribution < -0.4 is 20.7 Å². The van der Waals surface area contributed by atoms with Crippen molar-refractivity contribution in [2.45, 2.75) is 32.4 Å². The smallest absolute Gasteiger partial charge is 0.245 e. The minimum Gasteiger partial charge on any atom is -0.492 e. The second-order valence-electron chi connectivity index (χ2n) is 7.78.